The van der Waals surface area contributed by atoms with Crippen molar-refractivity contribution in [1.29, 1.82) is 0 Å². The minimum absolute atomic E-state index is 0.125. The van der Waals surface area contributed by atoms with Gasteiger partial charge in [-0.2, -0.15) is 0 Å². The number of carbonyl (C=O) groups excluding carboxylic acids is 1. The lowest BCUT2D eigenvalue weighted by molar-refractivity contribution is -0.138. The third kappa shape index (κ3) is 4.35. The number of ether oxygens (including phenoxy) is 1. The number of hydrogen-bond donors (Lipinski definition) is 2. The number of hydrogen-bond acceptors (Lipinski definition) is 3. The molecule has 1 amide bonds. The molecule has 2 aromatic rings. The maximum atomic E-state index is 14.0. The lowest BCUT2D eigenvalue weighted by atomic mass is 9.88. The van der Waals surface area contributed by atoms with Crippen molar-refractivity contribution in [3.8, 4) is 5.75 Å². The minimum Gasteiger partial charge on any atom is -0.497 e. The van der Waals surface area contributed by atoms with Crippen molar-refractivity contribution in [2.75, 3.05) is 7.11 Å². The largest absolute Gasteiger partial charge is 0.497 e. The Morgan fingerprint density at radius 2 is 1.96 bits per heavy atom. The summed E-state index contributed by atoms with van der Waals surface area (Å²) >= 11 is 0. The fourth-order valence-corrected chi connectivity index (χ4v) is 2.62. The van der Waals surface area contributed by atoms with Crippen LogP contribution < -0.4 is 10.1 Å². The van der Waals surface area contributed by atoms with Gasteiger partial charge in [-0.3, -0.25) is 9.59 Å². The van der Waals surface area contributed by atoms with E-state index in [1.807, 2.05) is 0 Å². The molecule has 5 nitrogen and oxygen atoms in total. The molecule has 0 aromatic heterocycles. The molecule has 2 rings (SSSR count). The van der Waals surface area contributed by atoms with Gasteiger partial charge in [0, 0.05) is 0 Å². The van der Waals surface area contributed by atoms with Crippen LogP contribution in [0.1, 0.15) is 34.8 Å². The van der Waals surface area contributed by atoms with Crippen LogP contribution in [-0.2, 0) is 10.3 Å². The fourth-order valence-electron chi connectivity index (χ4n) is 2.62. The normalized spacial score (nSPS) is 13.0. The van der Waals surface area contributed by atoms with Crippen LogP contribution in [0.25, 0.3) is 0 Å². The fraction of sp³-hybridized carbons (Fsp3) is 0.263. The van der Waals surface area contributed by atoms with Crippen molar-refractivity contribution in [1.82, 2.24) is 5.32 Å². The van der Waals surface area contributed by atoms with Crippen LogP contribution in [0, 0.1) is 12.7 Å². The van der Waals surface area contributed by atoms with E-state index in [1.54, 1.807) is 44.2 Å². The van der Waals surface area contributed by atoms with Crippen molar-refractivity contribution in [2.24, 2.45) is 0 Å². The second kappa shape index (κ2) is 7.34. The first-order chi connectivity index (χ1) is 11.7. The highest BCUT2D eigenvalue weighted by molar-refractivity contribution is 5.95. The maximum absolute atomic E-state index is 14.0. The number of methoxy groups -OCH3 is 1. The third-order valence-electron chi connectivity index (χ3n) is 3.97. The molecule has 132 valence electrons. The summed E-state index contributed by atoms with van der Waals surface area (Å²) in [4.78, 5) is 23.9. The van der Waals surface area contributed by atoms with Gasteiger partial charge in [-0.25, -0.2) is 4.39 Å². The molecule has 1 unspecified atom stereocenters. The Bertz CT molecular complexity index is 806. The third-order valence-corrected chi connectivity index (χ3v) is 3.97. The van der Waals surface area contributed by atoms with E-state index in [2.05, 4.69) is 5.32 Å². The Labute approximate surface area is 145 Å². The predicted octanol–water partition coefficient (Wildman–Crippen LogP) is 3.26. The number of halogens is 1. The van der Waals surface area contributed by atoms with Crippen LogP contribution in [0.2, 0.25) is 0 Å². The lowest BCUT2D eigenvalue weighted by Crippen LogP contribution is -2.45. The summed E-state index contributed by atoms with van der Waals surface area (Å²) in [5, 5.41) is 11.9. The summed E-state index contributed by atoms with van der Waals surface area (Å²) in [6.07, 6.45) is -0.362. The lowest BCUT2D eigenvalue weighted by Gasteiger charge is -2.30. The number of rotatable bonds is 6. The van der Waals surface area contributed by atoms with Gasteiger partial charge in [0.25, 0.3) is 5.91 Å². The van der Waals surface area contributed by atoms with E-state index in [9.17, 15) is 19.1 Å². The first kappa shape index (κ1) is 18.4. The van der Waals surface area contributed by atoms with Crippen molar-refractivity contribution in [2.45, 2.75) is 25.8 Å². The Morgan fingerprint density at radius 1 is 1.24 bits per heavy atom. The molecule has 0 saturated carbocycles. The number of carboxylic acid groups (broad SMARTS) is 1. The number of aliphatic carboxylic acids is 1. The zero-order valence-corrected chi connectivity index (χ0v) is 14.3. The second-order valence-corrected chi connectivity index (χ2v) is 6.07. The molecule has 0 fully saturated rings. The van der Waals surface area contributed by atoms with Crippen LogP contribution in [0.5, 0.6) is 5.75 Å². The van der Waals surface area contributed by atoms with E-state index in [1.165, 1.54) is 19.2 Å². The molecule has 0 aliphatic heterocycles. The van der Waals surface area contributed by atoms with Gasteiger partial charge < -0.3 is 15.2 Å². The zero-order valence-electron chi connectivity index (χ0n) is 14.3. The smallest absolute Gasteiger partial charge is 0.306 e. The van der Waals surface area contributed by atoms with E-state index >= 15 is 0 Å². The topological polar surface area (TPSA) is 75.6 Å². The summed E-state index contributed by atoms with van der Waals surface area (Å²) in [7, 11) is 1.49. The molecule has 0 aliphatic rings. The molecule has 25 heavy (non-hydrogen) atoms. The van der Waals surface area contributed by atoms with Crippen LogP contribution in [0.15, 0.2) is 42.5 Å². The highest BCUT2D eigenvalue weighted by Gasteiger charge is 2.33. The van der Waals surface area contributed by atoms with E-state index in [0.717, 1.165) is 5.56 Å². The summed E-state index contributed by atoms with van der Waals surface area (Å²) in [5.74, 6) is -1.89. The van der Waals surface area contributed by atoms with Gasteiger partial charge in [-0.1, -0.05) is 23.8 Å². The molecule has 2 aromatic carbocycles. The Morgan fingerprint density at radius 3 is 2.60 bits per heavy atom. The average molecular weight is 345 g/mol. The Kier molecular flexibility index (Phi) is 5.41. The van der Waals surface area contributed by atoms with Gasteiger partial charge >= 0.3 is 5.97 Å². The molecule has 0 saturated heterocycles. The quantitative estimate of drug-likeness (QED) is 0.843. The summed E-state index contributed by atoms with van der Waals surface area (Å²) in [5.41, 5.74) is -0.0729. The van der Waals surface area contributed by atoms with Gasteiger partial charge in [0.05, 0.1) is 24.6 Å². The van der Waals surface area contributed by atoms with Crippen LogP contribution >= 0.6 is 0 Å². The summed E-state index contributed by atoms with van der Waals surface area (Å²) < 4.78 is 19.1. The highest BCUT2D eigenvalue weighted by Crippen LogP contribution is 2.28. The summed E-state index contributed by atoms with van der Waals surface area (Å²) in [6.45, 7) is 3.33. The number of aryl methyl sites for hydroxylation is 1. The van der Waals surface area contributed by atoms with Crippen LogP contribution in [-0.4, -0.2) is 24.1 Å². The van der Waals surface area contributed by atoms with E-state index in [-0.39, 0.29) is 12.0 Å². The standard InChI is InChI=1S/C19H20FNO4/c1-12-7-8-16(20)15(9-12)18(24)21-19(2,11-17(22)23)13-5-4-6-14(10-13)25-3/h4-10H,11H2,1-3H3,(H,21,24)(H,22,23). The molecule has 1 atom stereocenters. The van der Waals surface area contributed by atoms with Gasteiger partial charge in [-0.05, 0) is 43.7 Å². The van der Waals surface area contributed by atoms with Crippen LogP contribution in [0.3, 0.4) is 0 Å². The van der Waals surface area contributed by atoms with Gasteiger partial charge in [0.1, 0.15) is 11.6 Å². The molecule has 6 heteroatoms. The molecular weight excluding hydrogens is 325 g/mol. The SMILES string of the molecule is COc1cccc(C(C)(CC(=O)O)NC(=O)c2cc(C)ccc2F)c1. The van der Waals surface area contributed by atoms with E-state index in [4.69, 9.17) is 4.74 Å². The Balaban J connectivity index is 2.41. The molecule has 0 aliphatic carbocycles. The van der Waals surface area contributed by atoms with E-state index < -0.39 is 23.2 Å². The molecule has 0 bridgehead atoms. The number of carbonyl (C=O) groups is 2. The first-order valence-electron chi connectivity index (χ1n) is 7.70. The van der Waals surface area contributed by atoms with Crippen molar-refractivity contribution >= 4 is 11.9 Å². The minimum atomic E-state index is -1.23. The second-order valence-electron chi connectivity index (χ2n) is 6.07. The maximum Gasteiger partial charge on any atom is 0.306 e. The highest BCUT2D eigenvalue weighted by atomic mass is 19.1. The van der Waals surface area contributed by atoms with Gasteiger partial charge in [0.15, 0.2) is 0 Å². The van der Waals surface area contributed by atoms with Crippen LogP contribution in [0.4, 0.5) is 4.39 Å². The number of benzene rings is 2. The predicted molar refractivity (Wildman–Crippen MR) is 91.2 cm³/mol. The molecule has 0 spiro atoms. The number of amides is 1. The molecule has 2 N–H and O–H groups in total. The molecular formula is C19H20FNO4. The summed E-state index contributed by atoms with van der Waals surface area (Å²) in [6, 6.07) is 11.0. The van der Waals surface area contributed by atoms with E-state index in [0.29, 0.717) is 11.3 Å². The van der Waals surface area contributed by atoms with Crippen molar-refractivity contribution < 1.29 is 23.8 Å². The van der Waals surface area contributed by atoms with Gasteiger partial charge in [-0.15, -0.1) is 0 Å². The van der Waals surface area contributed by atoms with Gasteiger partial charge in [0.2, 0.25) is 0 Å². The van der Waals surface area contributed by atoms with Crippen molar-refractivity contribution in [3.05, 3.63) is 65.0 Å². The Hall–Kier alpha value is -2.89. The number of carboxylic acids is 1. The first-order valence-corrected chi connectivity index (χ1v) is 7.70. The average Bonchev–Trinajstić information content (AvgIpc) is 2.56. The molecule has 0 radical (unpaired) electrons. The zero-order chi connectivity index (χ0) is 18.6. The van der Waals surface area contributed by atoms with Crippen molar-refractivity contribution in [3.63, 3.8) is 0 Å². The monoisotopic (exact) mass is 345 g/mol. The number of nitrogens with one attached hydrogen (secondary N) is 1. The molecule has 0 heterocycles.